The maximum absolute atomic E-state index is 11.7. The van der Waals surface area contributed by atoms with Crippen molar-refractivity contribution in [3.05, 3.63) is 93.0 Å². The number of benzene rings is 4. The fourth-order valence-corrected chi connectivity index (χ4v) is 9.30. The molecule has 0 aliphatic carbocycles. The Hall–Kier alpha value is -2.29. The Bertz CT molecular complexity index is 1980. The molecule has 322 valence electrons. The summed E-state index contributed by atoms with van der Waals surface area (Å²) in [5.74, 6) is -0.537. The summed E-state index contributed by atoms with van der Waals surface area (Å²) in [6.07, 6.45) is 5.84. The van der Waals surface area contributed by atoms with Crippen molar-refractivity contribution in [2.75, 3.05) is 0 Å². The van der Waals surface area contributed by atoms with E-state index < -0.39 is 19.0 Å². The van der Waals surface area contributed by atoms with Gasteiger partial charge in [0, 0.05) is 0 Å². The summed E-state index contributed by atoms with van der Waals surface area (Å²) in [7, 11) is -4.46. The highest BCUT2D eigenvalue weighted by atomic mass is 31.2. The second kappa shape index (κ2) is 16.2. The summed E-state index contributed by atoms with van der Waals surface area (Å²) in [6, 6.07) is 19.5. The molecular formula is C54H84O3P+. The van der Waals surface area contributed by atoms with Gasteiger partial charge in [-0.1, -0.05) is 161 Å². The van der Waals surface area contributed by atoms with Gasteiger partial charge in [0.05, 0.1) is 5.92 Å². The Balaban J connectivity index is 2.42. The first-order valence-corrected chi connectivity index (χ1v) is 24.3. The molecule has 0 amide bonds. The largest absolute Gasteiger partial charge is 0.410 e. The Kier molecular flexibility index (Phi) is 13.5. The van der Waals surface area contributed by atoms with Crippen molar-refractivity contribution in [3.8, 4) is 0 Å². The van der Waals surface area contributed by atoms with Gasteiger partial charge in [-0.25, -0.2) is 0 Å². The van der Waals surface area contributed by atoms with Crippen molar-refractivity contribution >= 4 is 29.5 Å². The van der Waals surface area contributed by atoms with Crippen LogP contribution < -0.4 is 0 Å². The van der Waals surface area contributed by atoms with Crippen LogP contribution in [0.15, 0.2) is 48.5 Å². The number of hydrogen-bond acceptors (Lipinski definition) is 3. The average Bonchev–Trinajstić information content (AvgIpc) is 3.15. The minimum absolute atomic E-state index is 0.00700. The molecule has 0 saturated carbocycles. The minimum atomic E-state index is -4.46. The smallest absolute Gasteiger partial charge is 0.192 e. The van der Waals surface area contributed by atoms with Crippen LogP contribution in [0.1, 0.15) is 227 Å². The Morgan fingerprint density at radius 3 is 0.914 bits per heavy atom. The monoisotopic (exact) mass is 812 g/mol. The van der Waals surface area contributed by atoms with E-state index in [0.29, 0.717) is 0 Å². The normalized spacial score (nSPS) is 14.3. The van der Waals surface area contributed by atoms with Crippen LogP contribution in [0.4, 0.5) is 0 Å². The topological polar surface area (TPSA) is 60.7 Å². The van der Waals surface area contributed by atoms with Crippen molar-refractivity contribution in [3.63, 3.8) is 0 Å². The van der Waals surface area contributed by atoms with E-state index in [2.05, 4.69) is 173 Å². The van der Waals surface area contributed by atoms with Gasteiger partial charge in [0.2, 0.25) is 0 Å². The molecule has 58 heavy (non-hydrogen) atoms. The van der Waals surface area contributed by atoms with Gasteiger partial charge in [0.15, 0.2) is 5.16 Å². The van der Waals surface area contributed by atoms with E-state index in [0.717, 1.165) is 49.7 Å². The standard InChI is InChI=1S/C54H84O3P/c1-21-48(7,8)37-27-35-29-43(50(11,12)23-3)41(33-39(35)45(31-37)52(15,16)25-5)47(54(19,20)58(55,56)57)42-34-40-36(30-44(42)51(13,14)24-4)28-38(49(9,10)22-2)32-46(40)53(17,18)26-6/h27-34,47,55-57H,21-26H2,1-20H3/q+1. The molecule has 0 bridgehead atoms. The van der Waals surface area contributed by atoms with Crippen molar-refractivity contribution < 1.29 is 14.7 Å². The molecule has 0 fully saturated rings. The van der Waals surface area contributed by atoms with Gasteiger partial charge >= 0.3 is 7.94 Å². The SMILES string of the molecule is CCC(C)(C)c1cc(C(C)(C)CC)c2cc(C(c3cc4c(C(C)(C)CC)cc(C(C)(C)CC)cc4cc3C(C)(C)CC)C(C)(C)[P+](O)(O)O)c(C(C)(C)CC)cc2c1. The van der Waals surface area contributed by atoms with E-state index >= 15 is 0 Å². The molecule has 0 aromatic heterocycles. The summed E-state index contributed by atoms with van der Waals surface area (Å²) in [5, 5.41) is 3.57. The lowest BCUT2D eigenvalue weighted by atomic mass is 9.66. The lowest BCUT2D eigenvalue weighted by molar-refractivity contribution is 0.283. The Morgan fingerprint density at radius 2 is 0.655 bits per heavy atom. The van der Waals surface area contributed by atoms with Crippen molar-refractivity contribution in [1.82, 2.24) is 0 Å². The van der Waals surface area contributed by atoms with Gasteiger partial charge in [-0.2, -0.15) is 14.7 Å². The maximum Gasteiger partial charge on any atom is 0.410 e. The summed E-state index contributed by atoms with van der Waals surface area (Å²) in [6.45, 7) is 45.6. The van der Waals surface area contributed by atoms with E-state index in [-0.39, 0.29) is 32.5 Å². The van der Waals surface area contributed by atoms with Crippen LogP contribution in [0.25, 0.3) is 21.5 Å². The van der Waals surface area contributed by atoms with Gasteiger partial charge in [-0.3, -0.25) is 0 Å². The molecule has 4 aromatic rings. The average molecular weight is 812 g/mol. The maximum atomic E-state index is 11.7. The highest BCUT2D eigenvalue weighted by molar-refractivity contribution is 7.60. The van der Waals surface area contributed by atoms with Gasteiger partial charge < -0.3 is 0 Å². The summed E-state index contributed by atoms with van der Waals surface area (Å²) >= 11 is 0. The highest BCUT2D eigenvalue weighted by Gasteiger charge is 2.58. The van der Waals surface area contributed by atoms with Crippen LogP contribution in [-0.4, -0.2) is 19.8 Å². The second-order valence-electron chi connectivity index (χ2n) is 22.4. The Morgan fingerprint density at radius 1 is 0.379 bits per heavy atom. The zero-order chi connectivity index (χ0) is 44.4. The summed E-state index contributed by atoms with van der Waals surface area (Å²) in [4.78, 5) is 35.2. The van der Waals surface area contributed by atoms with Crippen molar-refractivity contribution in [2.24, 2.45) is 0 Å². The van der Waals surface area contributed by atoms with Gasteiger partial charge in [0.1, 0.15) is 0 Å². The zero-order valence-corrected chi connectivity index (χ0v) is 41.6. The van der Waals surface area contributed by atoms with Crippen LogP contribution in [0.3, 0.4) is 0 Å². The number of hydrogen-bond donors (Lipinski definition) is 3. The van der Waals surface area contributed by atoms with E-state index in [1.54, 1.807) is 0 Å². The third-order valence-electron chi connectivity index (χ3n) is 16.1. The summed E-state index contributed by atoms with van der Waals surface area (Å²) < 4.78 is 0. The molecule has 4 rings (SSSR count). The molecule has 0 unspecified atom stereocenters. The zero-order valence-electron chi connectivity index (χ0n) is 40.7. The highest BCUT2D eigenvalue weighted by Crippen LogP contribution is 2.66. The predicted octanol–water partition coefficient (Wildman–Crippen LogP) is 15.8. The van der Waals surface area contributed by atoms with E-state index in [9.17, 15) is 14.7 Å². The van der Waals surface area contributed by atoms with Crippen molar-refractivity contribution in [2.45, 2.75) is 221 Å². The number of fused-ring (bicyclic) bond motifs is 2. The van der Waals surface area contributed by atoms with E-state index in [4.69, 9.17) is 0 Å². The van der Waals surface area contributed by atoms with Crippen LogP contribution in [0.5, 0.6) is 0 Å². The number of rotatable bonds is 16. The molecule has 0 heterocycles. The molecule has 0 atom stereocenters. The molecule has 3 N–H and O–H groups in total. The molecule has 4 aromatic carbocycles. The lowest BCUT2D eigenvalue weighted by Crippen LogP contribution is -2.37. The Labute approximate surface area is 356 Å². The first-order valence-electron chi connectivity index (χ1n) is 22.7. The van der Waals surface area contributed by atoms with E-state index in [1.165, 1.54) is 54.9 Å². The molecule has 0 aliphatic heterocycles. The van der Waals surface area contributed by atoms with Crippen LogP contribution in [0.2, 0.25) is 0 Å². The molecule has 0 saturated heterocycles. The van der Waals surface area contributed by atoms with Gasteiger partial charge in [-0.15, -0.1) is 0 Å². The molecule has 4 heteroatoms. The van der Waals surface area contributed by atoms with Crippen LogP contribution in [-0.2, 0) is 32.5 Å². The molecule has 0 spiro atoms. The molecular weight excluding hydrogens is 728 g/mol. The van der Waals surface area contributed by atoms with Gasteiger partial charge in [0.25, 0.3) is 0 Å². The minimum Gasteiger partial charge on any atom is -0.192 e. The van der Waals surface area contributed by atoms with Gasteiger partial charge in [-0.05, 0) is 163 Å². The third kappa shape index (κ3) is 8.73. The quantitative estimate of drug-likeness (QED) is 0.0988. The fourth-order valence-electron chi connectivity index (χ4n) is 8.68. The second-order valence-corrected chi connectivity index (χ2v) is 24.7. The molecule has 0 aliphatic rings. The predicted molar refractivity (Wildman–Crippen MR) is 257 cm³/mol. The first-order chi connectivity index (χ1) is 26.3. The van der Waals surface area contributed by atoms with E-state index in [1.807, 2.05) is 13.8 Å². The van der Waals surface area contributed by atoms with Crippen LogP contribution in [0, 0.1) is 0 Å². The molecule has 3 nitrogen and oxygen atoms in total. The lowest BCUT2D eigenvalue weighted by Gasteiger charge is -2.41. The van der Waals surface area contributed by atoms with Crippen LogP contribution >= 0.6 is 7.94 Å². The summed E-state index contributed by atoms with van der Waals surface area (Å²) in [5.41, 5.74) is 9.24. The first kappa shape index (κ1) is 48.4. The van der Waals surface area contributed by atoms with Crippen molar-refractivity contribution in [1.29, 1.82) is 0 Å². The molecule has 0 radical (unpaired) electrons. The third-order valence-corrected chi connectivity index (χ3v) is 17.9. The fraction of sp³-hybridized carbons (Fsp3) is 0.630.